The number of rotatable bonds is 19. The Bertz CT molecular complexity index is 2790. The zero-order valence-corrected chi connectivity index (χ0v) is 39.6. The molecule has 2 fully saturated rings. The van der Waals surface area contributed by atoms with Crippen LogP contribution < -0.4 is 20.3 Å². The molecule has 0 radical (unpaired) electrons. The molecule has 2 aliphatic heterocycles. The zero-order valence-electron chi connectivity index (χ0n) is 39.6. The number of carbonyl (C=O) groups excluding carboxylic acids is 3. The third kappa shape index (κ3) is 12.0. The van der Waals surface area contributed by atoms with Gasteiger partial charge in [-0.15, -0.1) is 0 Å². The van der Waals surface area contributed by atoms with Gasteiger partial charge in [0.2, 0.25) is 17.1 Å². The van der Waals surface area contributed by atoms with Crippen LogP contribution in [0.5, 0.6) is 17.2 Å². The van der Waals surface area contributed by atoms with Crippen molar-refractivity contribution >= 4 is 28.7 Å². The molecule has 1 aromatic heterocycles. The number of pyridine rings is 1. The number of fused-ring (bicyclic) bond motifs is 1. The number of amides is 2. The van der Waals surface area contributed by atoms with Crippen LogP contribution in [0.1, 0.15) is 82.8 Å². The number of hydrogen-bond donors (Lipinski definition) is 5. The lowest BCUT2D eigenvalue weighted by Crippen LogP contribution is -2.44. The number of nitrogens with one attached hydrogen (secondary N) is 2. The SMILES string of the molecule is COc1cc(C(=O)NCC(=O)N2CCC(COc3cccc([C@](O)(C(=O)OCC4CCN(Cc5ccccc5)CC4)c4ccccc4)c3)CC2)ccc1CCC[C@H](O)c1ccc(O)c2[nH]c(=O)ccc12. The minimum atomic E-state index is -2.05. The highest BCUT2D eigenvalue weighted by Crippen LogP contribution is 2.35. The molecule has 3 heterocycles. The monoisotopic (exact) mass is 950 g/mol. The molecule has 14 heteroatoms. The van der Waals surface area contributed by atoms with Crippen molar-refractivity contribution in [2.75, 3.05) is 53.0 Å². The summed E-state index contributed by atoms with van der Waals surface area (Å²) in [5, 5.41) is 36.8. The largest absolute Gasteiger partial charge is 0.506 e. The third-order valence-corrected chi connectivity index (χ3v) is 13.7. The second-order valence-corrected chi connectivity index (χ2v) is 18.4. The molecule has 2 amide bonds. The number of aliphatic hydroxyl groups excluding tert-OH is 1. The van der Waals surface area contributed by atoms with Gasteiger partial charge >= 0.3 is 5.97 Å². The maximum Gasteiger partial charge on any atom is 0.347 e. The number of phenolic OH excluding ortho intramolecular Hbond substituents is 1. The number of phenols is 1. The van der Waals surface area contributed by atoms with Crippen LogP contribution in [-0.4, -0.2) is 101 Å². The Balaban J connectivity index is 0.779. The highest BCUT2D eigenvalue weighted by Gasteiger charge is 2.42. The molecule has 2 atom stereocenters. The fraction of sp³-hybridized carbons (Fsp3) is 0.357. The van der Waals surface area contributed by atoms with E-state index in [1.165, 1.54) is 24.8 Å². The molecule has 0 spiro atoms. The normalized spacial score (nSPS) is 16.0. The zero-order chi connectivity index (χ0) is 49.0. The van der Waals surface area contributed by atoms with Crippen LogP contribution in [0.15, 0.2) is 132 Å². The van der Waals surface area contributed by atoms with E-state index in [0.29, 0.717) is 90.9 Å². The molecule has 5 aromatic carbocycles. The van der Waals surface area contributed by atoms with Crippen molar-refractivity contribution in [2.24, 2.45) is 11.8 Å². The van der Waals surface area contributed by atoms with Crippen LogP contribution in [0, 0.1) is 11.8 Å². The summed E-state index contributed by atoms with van der Waals surface area (Å²) in [5.74, 6) is 0.00379. The Labute approximate surface area is 407 Å². The molecule has 0 bridgehead atoms. The van der Waals surface area contributed by atoms with Crippen molar-refractivity contribution < 1.29 is 43.9 Å². The number of hydrogen-bond acceptors (Lipinski definition) is 11. The maximum absolute atomic E-state index is 13.9. The van der Waals surface area contributed by atoms with Crippen LogP contribution in [0.2, 0.25) is 0 Å². The van der Waals surface area contributed by atoms with Crippen LogP contribution in [-0.2, 0) is 32.9 Å². The molecule has 366 valence electrons. The fourth-order valence-corrected chi connectivity index (χ4v) is 9.56. The van der Waals surface area contributed by atoms with Crippen molar-refractivity contribution in [1.82, 2.24) is 20.1 Å². The molecule has 70 heavy (non-hydrogen) atoms. The van der Waals surface area contributed by atoms with Gasteiger partial charge < -0.3 is 44.7 Å². The van der Waals surface area contributed by atoms with Gasteiger partial charge in [-0.3, -0.25) is 19.3 Å². The lowest BCUT2D eigenvalue weighted by molar-refractivity contribution is -0.164. The van der Waals surface area contributed by atoms with E-state index in [-0.39, 0.29) is 47.7 Å². The first-order valence-electron chi connectivity index (χ1n) is 24.2. The van der Waals surface area contributed by atoms with E-state index >= 15 is 0 Å². The van der Waals surface area contributed by atoms with E-state index in [0.717, 1.165) is 38.0 Å². The average Bonchev–Trinajstić information content (AvgIpc) is 3.40. The number of likely N-dealkylation sites (tertiary alicyclic amines) is 2. The molecule has 2 saturated heterocycles. The van der Waals surface area contributed by atoms with E-state index in [4.69, 9.17) is 14.2 Å². The van der Waals surface area contributed by atoms with Gasteiger partial charge in [-0.1, -0.05) is 84.9 Å². The Morgan fingerprint density at radius 2 is 1.50 bits per heavy atom. The van der Waals surface area contributed by atoms with E-state index in [1.54, 1.807) is 77.7 Å². The summed E-state index contributed by atoms with van der Waals surface area (Å²) < 4.78 is 17.8. The highest BCUT2D eigenvalue weighted by molar-refractivity contribution is 5.97. The van der Waals surface area contributed by atoms with Gasteiger partial charge in [0.25, 0.3) is 5.91 Å². The van der Waals surface area contributed by atoms with E-state index in [2.05, 4.69) is 39.5 Å². The first-order valence-corrected chi connectivity index (χ1v) is 24.2. The second kappa shape index (κ2) is 23.1. The first kappa shape index (κ1) is 49.4. The lowest BCUT2D eigenvalue weighted by atomic mass is 9.86. The van der Waals surface area contributed by atoms with Crippen LogP contribution in [0.3, 0.4) is 0 Å². The van der Waals surface area contributed by atoms with Crippen molar-refractivity contribution in [3.8, 4) is 17.2 Å². The Kier molecular flexibility index (Phi) is 16.3. The van der Waals surface area contributed by atoms with Gasteiger partial charge in [-0.05, 0) is 129 Å². The summed E-state index contributed by atoms with van der Waals surface area (Å²) in [5.41, 5.74) is 1.73. The molecule has 2 aliphatic rings. The second-order valence-electron chi connectivity index (χ2n) is 18.4. The van der Waals surface area contributed by atoms with E-state index in [1.807, 2.05) is 18.2 Å². The van der Waals surface area contributed by atoms with Crippen LogP contribution >= 0.6 is 0 Å². The van der Waals surface area contributed by atoms with Crippen LogP contribution in [0.4, 0.5) is 0 Å². The quantitative estimate of drug-likeness (QED) is 0.0524. The number of ether oxygens (including phenoxy) is 3. The van der Waals surface area contributed by atoms with Gasteiger partial charge in [0.1, 0.15) is 17.2 Å². The number of benzene rings is 5. The number of methoxy groups -OCH3 is 1. The summed E-state index contributed by atoms with van der Waals surface area (Å²) in [6.07, 6.45) is 3.92. The van der Waals surface area contributed by atoms with Crippen molar-refractivity contribution in [1.29, 1.82) is 0 Å². The van der Waals surface area contributed by atoms with Gasteiger partial charge in [0.05, 0.1) is 38.5 Å². The lowest BCUT2D eigenvalue weighted by Gasteiger charge is -2.33. The molecular formula is C56H62N4O10. The fourth-order valence-electron chi connectivity index (χ4n) is 9.56. The number of aromatic amines is 1. The van der Waals surface area contributed by atoms with Gasteiger partial charge in [0.15, 0.2) is 0 Å². The minimum Gasteiger partial charge on any atom is -0.506 e. The smallest absolute Gasteiger partial charge is 0.347 e. The van der Waals surface area contributed by atoms with Gasteiger partial charge in [-0.25, -0.2) is 4.79 Å². The molecule has 6 aromatic rings. The number of piperidine rings is 2. The number of H-pyrrole nitrogens is 1. The van der Waals surface area contributed by atoms with E-state index in [9.17, 15) is 34.5 Å². The molecule has 0 unspecified atom stereocenters. The van der Waals surface area contributed by atoms with Gasteiger partial charge in [0, 0.05) is 42.2 Å². The molecular weight excluding hydrogens is 889 g/mol. The summed E-state index contributed by atoms with van der Waals surface area (Å²) >= 11 is 0. The Morgan fingerprint density at radius 3 is 2.24 bits per heavy atom. The number of esters is 1. The average molecular weight is 951 g/mol. The summed E-state index contributed by atoms with van der Waals surface area (Å²) in [6.45, 7) is 4.19. The number of aromatic hydroxyl groups is 1. The number of carbonyl (C=O) groups is 3. The van der Waals surface area contributed by atoms with Crippen molar-refractivity contribution in [3.63, 3.8) is 0 Å². The minimum absolute atomic E-state index is 0.0696. The van der Waals surface area contributed by atoms with Crippen molar-refractivity contribution in [2.45, 2.75) is 63.2 Å². The molecule has 5 N–H and O–H groups in total. The third-order valence-electron chi connectivity index (χ3n) is 13.7. The predicted molar refractivity (Wildman–Crippen MR) is 266 cm³/mol. The Hall–Kier alpha value is -7.00. The summed E-state index contributed by atoms with van der Waals surface area (Å²) in [4.78, 5) is 58.9. The topological polar surface area (TPSA) is 191 Å². The number of aliphatic hydroxyl groups is 2. The molecule has 8 rings (SSSR count). The standard InChI is InChI=1S/C56H62N4O10/c1-68-50-32-42(19-18-41(50)12-8-17-48(61)46-20-22-49(62)53-47(46)21-23-51(63)58-53)54(65)57-34-52(64)60-30-26-40(27-31-60)36-69-45-16-9-15-44(33-45)56(67,43-13-6-3-7-14-43)55(66)70-37-39-24-28-59(29-25-39)35-38-10-4-2-5-11-38/h2-7,9-11,13-16,18-23,32-33,39-40,48,61-62,67H,8,12,17,24-31,34-37H2,1H3,(H,57,65)(H,58,63)/t48-,56-/m0/s1. The van der Waals surface area contributed by atoms with Crippen molar-refractivity contribution in [3.05, 3.63) is 171 Å². The number of nitrogens with zero attached hydrogens (tertiary/aromatic N) is 2. The highest BCUT2D eigenvalue weighted by atomic mass is 16.6. The van der Waals surface area contributed by atoms with Crippen LogP contribution in [0.25, 0.3) is 10.9 Å². The number of aryl methyl sites for hydroxylation is 1. The number of aromatic nitrogens is 1. The Morgan fingerprint density at radius 1 is 0.800 bits per heavy atom. The van der Waals surface area contributed by atoms with E-state index < -0.39 is 23.6 Å². The molecule has 0 saturated carbocycles. The summed E-state index contributed by atoms with van der Waals surface area (Å²) in [7, 11) is 1.53. The van der Waals surface area contributed by atoms with Gasteiger partial charge in [-0.2, -0.15) is 0 Å². The molecule has 0 aliphatic carbocycles. The first-order chi connectivity index (χ1) is 34.0. The summed E-state index contributed by atoms with van der Waals surface area (Å²) in [6, 6.07) is 37.4. The predicted octanol–water partition coefficient (Wildman–Crippen LogP) is 7.04. The molecule has 14 nitrogen and oxygen atoms in total. The maximum atomic E-state index is 13.9.